The lowest BCUT2D eigenvalue weighted by molar-refractivity contribution is 0.0597. The Hall–Kier alpha value is -3.60. The first kappa shape index (κ1) is 23.1. The average molecular weight is 433 g/mol. The third kappa shape index (κ3) is 5.97. The highest BCUT2D eigenvalue weighted by Crippen LogP contribution is 2.28. The van der Waals surface area contributed by atoms with Crippen LogP contribution in [0.4, 0.5) is 0 Å². The molecule has 0 aliphatic carbocycles. The van der Waals surface area contributed by atoms with E-state index in [0.717, 1.165) is 6.42 Å². The third-order valence-corrected chi connectivity index (χ3v) is 5.27. The van der Waals surface area contributed by atoms with Gasteiger partial charge in [-0.2, -0.15) is 0 Å². The molecule has 0 atom stereocenters. The van der Waals surface area contributed by atoms with E-state index in [1.165, 1.54) is 56.6 Å². The summed E-state index contributed by atoms with van der Waals surface area (Å²) in [5.74, 6) is 0.125. The van der Waals surface area contributed by atoms with Gasteiger partial charge in [0.15, 0.2) is 5.78 Å². The number of rotatable bonds is 10. The number of benzene rings is 2. The molecular formula is C27H28O5. The van der Waals surface area contributed by atoms with Crippen LogP contribution in [0.1, 0.15) is 64.6 Å². The number of esters is 1. The fourth-order valence-electron chi connectivity index (χ4n) is 3.41. The maximum absolute atomic E-state index is 12.5. The maximum atomic E-state index is 12.5. The maximum Gasteiger partial charge on any atom is 0.341 e. The minimum Gasteiger partial charge on any atom is -0.507 e. The predicted molar refractivity (Wildman–Crippen MR) is 125 cm³/mol. The fraction of sp³-hybridized carbons (Fsp3) is 0.259. The number of carbonyl (C=O) groups excluding carboxylic acids is 2. The van der Waals surface area contributed by atoms with Crippen LogP contribution in [0.5, 0.6) is 5.75 Å². The number of phenols is 1. The monoisotopic (exact) mass is 432 g/mol. The Kier molecular flexibility index (Phi) is 8.03. The van der Waals surface area contributed by atoms with Crippen molar-refractivity contribution in [1.82, 2.24) is 0 Å². The second-order valence-electron chi connectivity index (χ2n) is 7.63. The molecule has 1 heterocycles. The molecular weight excluding hydrogens is 404 g/mol. The first-order chi connectivity index (χ1) is 15.5. The third-order valence-electron chi connectivity index (χ3n) is 5.27. The molecule has 0 aliphatic heterocycles. The van der Waals surface area contributed by atoms with Gasteiger partial charge in [0.05, 0.1) is 7.11 Å². The lowest BCUT2D eigenvalue weighted by Gasteiger charge is -2.04. The summed E-state index contributed by atoms with van der Waals surface area (Å²) in [6, 6.07) is 15.8. The normalized spacial score (nSPS) is 11.1. The molecule has 0 bridgehead atoms. The molecule has 1 aromatic heterocycles. The molecule has 3 rings (SSSR count). The van der Waals surface area contributed by atoms with Crippen LogP contribution >= 0.6 is 0 Å². The summed E-state index contributed by atoms with van der Waals surface area (Å²) < 4.78 is 10.5. The number of allylic oxidation sites excluding steroid dienone is 1. The molecule has 0 radical (unpaired) electrons. The van der Waals surface area contributed by atoms with Gasteiger partial charge in [-0.25, -0.2) is 4.79 Å². The Morgan fingerprint density at radius 1 is 1.00 bits per heavy atom. The summed E-state index contributed by atoms with van der Waals surface area (Å²) in [4.78, 5) is 24.3. The van der Waals surface area contributed by atoms with E-state index < -0.39 is 5.97 Å². The van der Waals surface area contributed by atoms with E-state index in [2.05, 4.69) is 11.7 Å². The number of carbonyl (C=O) groups is 2. The zero-order chi connectivity index (χ0) is 22.9. The smallest absolute Gasteiger partial charge is 0.341 e. The van der Waals surface area contributed by atoms with Crippen molar-refractivity contribution in [2.24, 2.45) is 0 Å². The second-order valence-corrected chi connectivity index (χ2v) is 7.63. The number of hydrogen-bond acceptors (Lipinski definition) is 5. The molecule has 0 unspecified atom stereocenters. The number of aromatic hydroxyl groups is 1. The number of methoxy groups -OCH3 is 1. The number of aryl methyl sites for hydroxylation is 1. The number of unbranched alkanes of at least 4 members (excludes halogenated alkanes) is 3. The van der Waals surface area contributed by atoms with Crippen LogP contribution in [-0.4, -0.2) is 24.0 Å². The van der Waals surface area contributed by atoms with Gasteiger partial charge in [0.1, 0.15) is 22.8 Å². The van der Waals surface area contributed by atoms with Crippen molar-refractivity contribution in [2.45, 2.75) is 39.0 Å². The molecule has 2 aromatic carbocycles. The van der Waals surface area contributed by atoms with Gasteiger partial charge < -0.3 is 14.3 Å². The number of ether oxygens (including phenoxy) is 1. The van der Waals surface area contributed by atoms with Gasteiger partial charge in [-0.3, -0.25) is 4.79 Å². The summed E-state index contributed by atoms with van der Waals surface area (Å²) >= 11 is 0. The molecule has 0 saturated heterocycles. The summed E-state index contributed by atoms with van der Waals surface area (Å²) in [6.45, 7) is 2.20. The number of hydrogen-bond donors (Lipinski definition) is 1. The molecule has 32 heavy (non-hydrogen) atoms. The van der Waals surface area contributed by atoms with Gasteiger partial charge in [-0.05, 0) is 60.9 Å². The Morgan fingerprint density at radius 2 is 1.78 bits per heavy atom. The van der Waals surface area contributed by atoms with Crippen LogP contribution in [0.2, 0.25) is 0 Å². The fourth-order valence-corrected chi connectivity index (χ4v) is 3.41. The lowest BCUT2D eigenvalue weighted by Crippen LogP contribution is -2.01. The highest BCUT2D eigenvalue weighted by Gasteiger charge is 2.14. The molecule has 5 nitrogen and oxygen atoms in total. The molecule has 1 N–H and O–H groups in total. The Bertz CT molecular complexity index is 1090. The largest absolute Gasteiger partial charge is 0.507 e. The van der Waals surface area contributed by atoms with E-state index in [1.54, 1.807) is 24.3 Å². The predicted octanol–water partition coefficient (Wildman–Crippen LogP) is 6.46. The molecule has 0 amide bonds. The molecule has 166 valence electrons. The van der Waals surface area contributed by atoms with Crippen molar-refractivity contribution in [2.75, 3.05) is 7.11 Å². The molecule has 0 fully saturated rings. The average Bonchev–Trinajstić information content (AvgIpc) is 3.29. The summed E-state index contributed by atoms with van der Waals surface area (Å²) in [5.41, 5.74) is 2.55. The van der Waals surface area contributed by atoms with Gasteiger partial charge in [0.2, 0.25) is 0 Å². The molecule has 5 heteroatoms. The number of phenolic OH excluding ortho intramolecular Hbond substituents is 1. The highest BCUT2D eigenvalue weighted by atomic mass is 16.5. The summed E-state index contributed by atoms with van der Waals surface area (Å²) in [7, 11) is 1.25. The van der Waals surface area contributed by atoms with Gasteiger partial charge in [0.25, 0.3) is 0 Å². The van der Waals surface area contributed by atoms with Crippen molar-refractivity contribution in [3.63, 3.8) is 0 Å². The standard InChI is InChI=1S/C27H28O5/c1-3-4-5-6-7-19-8-10-20(11-9-19)24(28)16-13-22-14-17-26(32-22)21-12-15-25(29)23(18-21)27(30)31-2/h8-18,29H,3-7H2,1-2H3/b16-13+. The molecule has 3 aromatic rings. The highest BCUT2D eigenvalue weighted by molar-refractivity contribution is 6.06. The van der Waals surface area contributed by atoms with Crippen LogP contribution in [0.3, 0.4) is 0 Å². The van der Waals surface area contributed by atoms with E-state index >= 15 is 0 Å². The van der Waals surface area contributed by atoms with E-state index in [9.17, 15) is 14.7 Å². The van der Waals surface area contributed by atoms with Crippen molar-refractivity contribution in [3.8, 4) is 17.1 Å². The minimum absolute atomic E-state index is 0.0579. The summed E-state index contributed by atoms with van der Waals surface area (Å²) in [5, 5.41) is 9.84. The SMILES string of the molecule is CCCCCCc1ccc(C(=O)/C=C/c2ccc(-c3ccc(O)c(C(=O)OC)c3)o2)cc1. The first-order valence-corrected chi connectivity index (χ1v) is 10.8. The van der Waals surface area contributed by atoms with E-state index in [1.807, 2.05) is 24.3 Å². The molecule has 0 saturated carbocycles. The number of ketones is 1. The van der Waals surface area contributed by atoms with Crippen LogP contribution in [-0.2, 0) is 11.2 Å². The quantitative estimate of drug-likeness (QED) is 0.172. The molecule has 0 spiro atoms. The lowest BCUT2D eigenvalue weighted by atomic mass is 10.0. The first-order valence-electron chi connectivity index (χ1n) is 10.8. The Morgan fingerprint density at radius 3 is 2.50 bits per heavy atom. The Balaban J connectivity index is 1.64. The van der Waals surface area contributed by atoms with Gasteiger partial charge >= 0.3 is 5.97 Å². The second kappa shape index (κ2) is 11.1. The van der Waals surface area contributed by atoms with Crippen LogP contribution in [0, 0.1) is 0 Å². The zero-order valence-corrected chi connectivity index (χ0v) is 18.5. The number of furan rings is 1. The van der Waals surface area contributed by atoms with Gasteiger partial charge in [-0.1, -0.05) is 50.5 Å². The van der Waals surface area contributed by atoms with Crippen molar-refractivity contribution >= 4 is 17.8 Å². The Labute approximate surface area is 188 Å². The molecule has 0 aliphatic rings. The zero-order valence-electron chi connectivity index (χ0n) is 18.5. The minimum atomic E-state index is -0.631. The van der Waals surface area contributed by atoms with E-state index in [4.69, 9.17) is 4.42 Å². The van der Waals surface area contributed by atoms with Crippen LogP contribution < -0.4 is 0 Å². The topological polar surface area (TPSA) is 76.7 Å². The van der Waals surface area contributed by atoms with E-state index in [-0.39, 0.29) is 17.1 Å². The van der Waals surface area contributed by atoms with Gasteiger partial charge in [0, 0.05) is 11.1 Å². The van der Waals surface area contributed by atoms with Crippen LogP contribution in [0.15, 0.2) is 65.1 Å². The van der Waals surface area contributed by atoms with Crippen molar-refractivity contribution in [3.05, 3.63) is 83.1 Å². The van der Waals surface area contributed by atoms with Gasteiger partial charge in [-0.15, -0.1) is 0 Å². The van der Waals surface area contributed by atoms with Crippen molar-refractivity contribution in [1.29, 1.82) is 0 Å². The van der Waals surface area contributed by atoms with Crippen molar-refractivity contribution < 1.29 is 23.8 Å². The van der Waals surface area contributed by atoms with E-state index in [0.29, 0.717) is 22.6 Å². The summed E-state index contributed by atoms with van der Waals surface area (Å²) in [6.07, 6.45) is 9.02. The van der Waals surface area contributed by atoms with Crippen LogP contribution in [0.25, 0.3) is 17.4 Å².